The summed E-state index contributed by atoms with van der Waals surface area (Å²) in [6, 6.07) is -0.879. The van der Waals surface area contributed by atoms with Crippen molar-refractivity contribution in [2.75, 3.05) is 40.9 Å². The van der Waals surface area contributed by atoms with Gasteiger partial charge in [0.05, 0.1) is 39.9 Å². The van der Waals surface area contributed by atoms with Crippen molar-refractivity contribution in [2.45, 2.75) is 212 Å². The number of likely N-dealkylation sites (N-methyl/N-ethyl adjacent to an activating group) is 1. The van der Waals surface area contributed by atoms with Gasteiger partial charge < -0.3 is 19.8 Å². The van der Waals surface area contributed by atoms with Crippen LogP contribution >= 0.6 is 7.82 Å². The van der Waals surface area contributed by atoms with Crippen LogP contribution in [0.25, 0.3) is 0 Å². The summed E-state index contributed by atoms with van der Waals surface area (Å²) in [5.41, 5.74) is 0. The third-order valence-corrected chi connectivity index (χ3v) is 12.0. The van der Waals surface area contributed by atoms with E-state index in [4.69, 9.17) is 9.05 Å². The van der Waals surface area contributed by atoms with E-state index in [1.807, 2.05) is 27.2 Å². The average Bonchev–Trinajstić information content (AvgIpc) is 3.26. The normalized spacial score (nSPS) is 14.9. The number of aliphatic hydroxyl groups is 1. The zero-order valence-electron chi connectivity index (χ0n) is 42.4. The van der Waals surface area contributed by atoms with Crippen molar-refractivity contribution in [2.24, 2.45) is 0 Å². The summed E-state index contributed by atoms with van der Waals surface area (Å²) in [4.78, 5) is 23.2. The molecule has 374 valence electrons. The van der Waals surface area contributed by atoms with Crippen molar-refractivity contribution in [3.8, 4) is 0 Å². The van der Waals surface area contributed by atoms with E-state index < -0.39 is 20.0 Å². The number of nitrogens with zero attached hydrogens (tertiary/aromatic N) is 1. The Balaban J connectivity index is 4.38. The number of amides is 1. The molecule has 0 fully saturated rings. The maximum atomic E-state index is 12.9. The van der Waals surface area contributed by atoms with Crippen LogP contribution in [0, 0.1) is 0 Å². The molecule has 0 aliphatic heterocycles. The topological polar surface area (TPSA) is 105 Å². The van der Waals surface area contributed by atoms with Crippen molar-refractivity contribution < 1.29 is 32.9 Å². The summed E-state index contributed by atoms with van der Waals surface area (Å²) < 4.78 is 23.6. The first-order chi connectivity index (χ1) is 31.5. The van der Waals surface area contributed by atoms with Gasteiger partial charge in [0.25, 0.3) is 0 Å². The van der Waals surface area contributed by atoms with Gasteiger partial charge in [0.2, 0.25) is 5.91 Å². The lowest BCUT2D eigenvalue weighted by Crippen LogP contribution is -2.45. The Morgan fingerprint density at radius 3 is 1.42 bits per heavy atom. The molecule has 0 heterocycles. The lowest BCUT2D eigenvalue weighted by atomic mass is 10.1. The van der Waals surface area contributed by atoms with Crippen LogP contribution in [0.4, 0.5) is 0 Å². The van der Waals surface area contributed by atoms with Crippen molar-refractivity contribution in [3.05, 3.63) is 97.2 Å². The summed E-state index contributed by atoms with van der Waals surface area (Å²) in [6.45, 7) is 4.65. The second-order valence-corrected chi connectivity index (χ2v) is 19.9. The van der Waals surface area contributed by atoms with Gasteiger partial charge in [-0.05, 0) is 89.9 Å². The molecule has 3 unspecified atom stereocenters. The van der Waals surface area contributed by atoms with E-state index in [2.05, 4.69) is 104 Å². The molecule has 0 aromatic heterocycles. The minimum absolute atomic E-state index is 0.0473. The first kappa shape index (κ1) is 62.4. The van der Waals surface area contributed by atoms with Gasteiger partial charge in [-0.1, -0.05) is 201 Å². The van der Waals surface area contributed by atoms with Crippen LogP contribution in [0.15, 0.2) is 97.2 Å². The number of quaternary nitrogens is 1. The average molecular weight is 928 g/mol. The first-order valence-corrected chi connectivity index (χ1v) is 27.6. The highest BCUT2D eigenvalue weighted by Crippen LogP contribution is 2.43. The molecule has 0 radical (unpaired) electrons. The Bertz CT molecular complexity index is 1370. The fraction of sp³-hybridized carbons (Fsp3) is 0.696. The Hall–Kier alpha value is -2.58. The lowest BCUT2D eigenvalue weighted by molar-refractivity contribution is -0.870. The second kappa shape index (κ2) is 46.5. The fourth-order valence-electron chi connectivity index (χ4n) is 6.92. The highest BCUT2D eigenvalue weighted by molar-refractivity contribution is 7.47. The summed E-state index contributed by atoms with van der Waals surface area (Å²) in [6.07, 6.45) is 66.3. The highest BCUT2D eigenvalue weighted by atomic mass is 31.2. The summed E-state index contributed by atoms with van der Waals surface area (Å²) in [5, 5.41) is 13.9. The largest absolute Gasteiger partial charge is 0.472 e. The molecule has 9 heteroatoms. The van der Waals surface area contributed by atoms with Gasteiger partial charge in [0.1, 0.15) is 13.2 Å². The number of phosphoric acid groups is 1. The van der Waals surface area contributed by atoms with Gasteiger partial charge in [-0.3, -0.25) is 13.8 Å². The predicted molar refractivity (Wildman–Crippen MR) is 281 cm³/mol. The van der Waals surface area contributed by atoms with Crippen molar-refractivity contribution in [3.63, 3.8) is 0 Å². The van der Waals surface area contributed by atoms with E-state index >= 15 is 0 Å². The van der Waals surface area contributed by atoms with Gasteiger partial charge >= 0.3 is 7.82 Å². The van der Waals surface area contributed by atoms with E-state index in [9.17, 15) is 19.4 Å². The Morgan fingerprint density at radius 2 is 0.938 bits per heavy atom. The molecular weight excluding hydrogens is 828 g/mol. The monoisotopic (exact) mass is 928 g/mol. The zero-order valence-corrected chi connectivity index (χ0v) is 43.3. The van der Waals surface area contributed by atoms with Gasteiger partial charge in [-0.15, -0.1) is 0 Å². The number of carbonyl (C=O) groups is 1. The van der Waals surface area contributed by atoms with E-state index in [0.29, 0.717) is 17.4 Å². The van der Waals surface area contributed by atoms with E-state index in [0.717, 1.165) is 83.5 Å². The van der Waals surface area contributed by atoms with Gasteiger partial charge in [0.15, 0.2) is 0 Å². The Labute approximate surface area is 400 Å². The molecule has 0 spiro atoms. The number of hydrogen-bond acceptors (Lipinski definition) is 5. The summed E-state index contributed by atoms with van der Waals surface area (Å²) in [7, 11) is 1.53. The van der Waals surface area contributed by atoms with Crippen molar-refractivity contribution in [1.82, 2.24) is 5.32 Å². The SMILES string of the molecule is CC/C=C\C/C=C\C/C=C\C/C=C\C/C=C\CCCCCCCCCCCC(=O)NC(COP(=O)(O)OCC[N+](C)(C)C)C(O)/C=C/CC/C=C/CC/C=C/CCCCCCCCCC. The number of unbranched alkanes of at least 4 members (excludes halogenated alkanes) is 19. The minimum atomic E-state index is -4.36. The molecule has 0 aromatic rings. The Morgan fingerprint density at radius 1 is 0.538 bits per heavy atom. The van der Waals surface area contributed by atoms with E-state index in [1.54, 1.807) is 6.08 Å². The van der Waals surface area contributed by atoms with Gasteiger partial charge in [-0.2, -0.15) is 0 Å². The van der Waals surface area contributed by atoms with Gasteiger partial charge in [0, 0.05) is 6.42 Å². The highest BCUT2D eigenvalue weighted by Gasteiger charge is 2.27. The molecular formula is C56H100N2O6P+. The quantitative estimate of drug-likeness (QED) is 0.0243. The maximum Gasteiger partial charge on any atom is 0.472 e. The van der Waals surface area contributed by atoms with Crippen LogP contribution in [0.1, 0.15) is 200 Å². The number of hydrogen-bond donors (Lipinski definition) is 3. The molecule has 3 atom stereocenters. The third kappa shape index (κ3) is 49.2. The van der Waals surface area contributed by atoms with Gasteiger partial charge in [-0.25, -0.2) is 4.57 Å². The fourth-order valence-corrected chi connectivity index (χ4v) is 7.66. The number of nitrogens with one attached hydrogen (secondary N) is 1. The third-order valence-electron chi connectivity index (χ3n) is 11.0. The van der Waals surface area contributed by atoms with Crippen molar-refractivity contribution in [1.29, 1.82) is 0 Å². The van der Waals surface area contributed by atoms with Crippen LogP contribution in [0.5, 0.6) is 0 Å². The molecule has 0 saturated carbocycles. The standard InChI is InChI=1S/C56H99N2O6P/c1-6-8-10-12-14-16-18-20-22-24-26-27-28-29-30-31-32-34-36-38-40-42-44-46-48-50-56(60)57-54(53-64-65(61,62)63-52-51-58(3,4)5)55(59)49-47-45-43-41-39-37-35-33-25-23-21-19-17-15-13-11-9-7-2/h8,10,14,16,20,22,25-27,29-30,33,39,41,47,49,54-55,59H,6-7,9,11-13,15,17-19,21,23-24,28,31-32,34-38,40,42-46,48,50-53H2,1-5H3,(H-,57,60,61,62)/p+1/b10-8-,16-14-,22-20-,27-26-,30-29-,33-25+,41-39+,49-47+. The lowest BCUT2D eigenvalue weighted by Gasteiger charge is -2.25. The van der Waals surface area contributed by atoms with Crippen LogP contribution in [-0.4, -0.2) is 73.4 Å². The van der Waals surface area contributed by atoms with Crippen LogP contribution in [-0.2, 0) is 18.4 Å². The molecule has 0 aliphatic carbocycles. The smallest absolute Gasteiger partial charge is 0.387 e. The number of rotatable bonds is 46. The molecule has 8 nitrogen and oxygen atoms in total. The van der Waals surface area contributed by atoms with Crippen LogP contribution < -0.4 is 5.32 Å². The molecule has 3 N–H and O–H groups in total. The predicted octanol–water partition coefficient (Wildman–Crippen LogP) is 15.5. The number of phosphoric ester groups is 1. The van der Waals surface area contributed by atoms with Crippen molar-refractivity contribution >= 4 is 13.7 Å². The first-order valence-electron chi connectivity index (χ1n) is 26.1. The number of allylic oxidation sites excluding steroid dienone is 15. The molecule has 1 amide bonds. The molecule has 0 bridgehead atoms. The minimum Gasteiger partial charge on any atom is -0.387 e. The van der Waals surface area contributed by atoms with Crippen LogP contribution in [0.3, 0.4) is 0 Å². The second-order valence-electron chi connectivity index (χ2n) is 18.5. The van der Waals surface area contributed by atoms with E-state index in [1.165, 1.54) is 96.3 Å². The maximum absolute atomic E-state index is 12.9. The zero-order chi connectivity index (χ0) is 47.8. The molecule has 65 heavy (non-hydrogen) atoms. The Kier molecular flexibility index (Phi) is 44.7. The summed E-state index contributed by atoms with van der Waals surface area (Å²) >= 11 is 0. The van der Waals surface area contributed by atoms with E-state index in [-0.39, 0.29) is 19.1 Å². The molecule has 0 aromatic carbocycles. The molecule has 0 aliphatic rings. The number of aliphatic hydroxyl groups excluding tert-OH is 1. The molecule has 0 saturated heterocycles. The summed E-state index contributed by atoms with van der Waals surface area (Å²) in [5.74, 6) is -0.202. The number of carbonyl (C=O) groups excluding carboxylic acids is 1. The van der Waals surface area contributed by atoms with Crippen LogP contribution in [0.2, 0.25) is 0 Å². The molecule has 0 rings (SSSR count).